The van der Waals surface area contributed by atoms with E-state index >= 15 is 0 Å². The van der Waals surface area contributed by atoms with Crippen LogP contribution in [-0.4, -0.2) is 18.0 Å². The maximum Gasteiger partial charge on any atom is 0.0371 e. The molecule has 2 nitrogen and oxygen atoms in total. The van der Waals surface area contributed by atoms with Crippen LogP contribution in [0.1, 0.15) is 32.8 Å². The fraction of sp³-hybridized carbons (Fsp3) is 0.600. The number of likely N-dealkylation sites (tertiary alicyclic amines) is 1. The van der Waals surface area contributed by atoms with Crippen LogP contribution >= 0.6 is 15.9 Å². The third-order valence-corrected chi connectivity index (χ3v) is 4.78. The number of nitrogens with zero attached hydrogens (tertiary/aromatic N) is 1. The van der Waals surface area contributed by atoms with Crippen LogP contribution < -0.4 is 5.73 Å². The first-order chi connectivity index (χ1) is 8.38. The van der Waals surface area contributed by atoms with Crippen LogP contribution in [0, 0.1) is 11.3 Å². The van der Waals surface area contributed by atoms with Gasteiger partial charge in [0.1, 0.15) is 0 Å². The third-order valence-electron chi connectivity index (χ3n) is 4.03. The van der Waals surface area contributed by atoms with E-state index in [4.69, 9.17) is 5.73 Å². The summed E-state index contributed by atoms with van der Waals surface area (Å²) in [6, 6.07) is 6.05. The molecule has 1 saturated heterocycles. The highest BCUT2D eigenvalue weighted by Crippen LogP contribution is 2.35. The van der Waals surface area contributed by atoms with Crippen molar-refractivity contribution in [3.8, 4) is 0 Å². The van der Waals surface area contributed by atoms with Gasteiger partial charge in [0.2, 0.25) is 0 Å². The molecular weight excluding hydrogens is 288 g/mol. The molecule has 0 radical (unpaired) electrons. The van der Waals surface area contributed by atoms with Gasteiger partial charge in [-0.1, -0.05) is 42.8 Å². The summed E-state index contributed by atoms with van der Waals surface area (Å²) in [5.74, 6) is 0.793. The fourth-order valence-corrected chi connectivity index (χ4v) is 3.16. The Morgan fingerprint density at radius 2 is 2.11 bits per heavy atom. The van der Waals surface area contributed by atoms with Gasteiger partial charge in [-0.05, 0) is 36.4 Å². The second-order valence-corrected chi connectivity index (χ2v) is 7.25. The zero-order valence-corrected chi connectivity index (χ0v) is 13.1. The Kier molecular flexibility index (Phi) is 4.02. The predicted octanol–water partition coefficient (Wildman–Crippen LogP) is 3.90. The van der Waals surface area contributed by atoms with E-state index in [1.807, 2.05) is 12.1 Å². The smallest absolute Gasteiger partial charge is 0.0371 e. The molecule has 1 unspecified atom stereocenters. The fourth-order valence-electron chi connectivity index (χ4n) is 2.65. The van der Waals surface area contributed by atoms with Gasteiger partial charge >= 0.3 is 0 Å². The second kappa shape index (κ2) is 5.22. The summed E-state index contributed by atoms with van der Waals surface area (Å²) >= 11 is 3.60. The lowest BCUT2D eigenvalue weighted by atomic mass is 9.80. The maximum absolute atomic E-state index is 6.06. The van der Waals surface area contributed by atoms with Gasteiger partial charge in [0.25, 0.3) is 0 Å². The summed E-state index contributed by atoms with van der Waals surface area (Å²) in [5, 5.41) is 0. The van der Waals surface area contributed by atoms with Gasteiger partial charge in [0.05, 0.1) is 0 Å². The Balaban J connectivity index is 2.04. The van der Waals surface area contributed by atoms with Crippen LogP contribution in [0.5, 0.6) is 0 Å². The Bertz CT molecular complexity index is 403. The molecule has 1 aliphatic rings. The lowest BCUT2D eigenvalue weighted by Crippen LogP contribution is -2.26. The van der Waals surface area contributed by atoms with Crippen LogP contribution in [-0.2, 0) is 6.54 Å². The zero-order chi connectivity index (χ0) is 13.3. The van der Waals surface area contributed by atoms with Gasteiger partial charge in [-0.3, -0.25) is 4.90 Å². The van der Waals surface area contributed by atoms with Crippen molar-refractivity contribution in [3.63, 3.8) is 0 Å². The first-order valence-corrected chi connectivity index (χ1v) is 7.42. The average molecular weight is 311 g/mol. The van der Waals surface area contributed by atoms with Crippen molar-refractivity contribution < 1.29 is 0 Å². The summed E-state index contributed by atoms with van der Waals surface area (Å²) in [6.07, 6.45) is 1.30. The minimum atomic E-state index is 0.411. The van der Waals surface area contributed by atoms with E-state index in [-0.39, 0.29) is 0 Å². The highest BCUT2D eigenvalue weighted by atomic mass is 79.9. The molecule has 2 N–H and O–H groups in total. The van der Waals surface area contributed by atoms with Crippen LogP contribution in [0.2, 0.25) is 0 Å². The molecule has 0 spiro atoms. The van der Waals surface area contributed by atoms with Crippen molar-refractivity contribution in [2.75, 3.05) is 18.8 Å². The first-order valence-electron chi connectivity index (χ1n) is 6.63. The van der Waals surface area contributed by atoms with Crippen molar-refractivity contribution in [3.05, 3.63) is 28.2 Å². The predicted molar refractivity (Wildman–Crippen MR) is 81.4 cm³/mol. The molecule has 1 atom stereocenters. The van der Waals surface area contributed by atoms with E-state index in [1.165, 1.54) is 25.1 Å². The molecule has 1 aromatic rings. The van der Waals surface area contributed by atoms with E-state index < -0.39 is 0 Å². The number of hydrogen-bond acceptors (Lipinski definition) is 2. The average Bonchev–Trinajstić information content (AvgIpc) is 2.72. The Morgan fingerprint density at radius 3 is 2.67 bits per heavy atom. The minimum absolute atomic E-state index is 0.411. The maximum atomic E-state index is 6.06. The number of rotatable bonds is 2. The monoisotopic (exact) mass is 310 g/mol. The van der Waals surface area contributed by atoms with Gasteiger partial charge in [-0.15, -0.1) is 0 Å². The molecule has 0 aromatic heterocycles. The van der Waals surface area contributed by atoms with Crippen molar-refractivity contribution in [2.45, 2.75) is 33.7 Å². The molecule has 1 aliphatic heterocycles. The second-order valence-electron chi connectivity index (χ2n) is 6.39. The minimum Gasteiger partial charge on any atom is -0.398 e. The van der Waals surface area contributed by atoms with E-state index in [0.29, 0.717) is 5.41 Å². The number of nitrogens with two attached hydrogens (primary N) is 1. The summed E-state index contributed by atoms with van der Waals surface area (Å²) in [4.78, 5) is 2.52. The van der Waals surface area contributed by atoms with Crippen LogP contribution in [0.3, 0.4) is 0 Å². The molecule has 3 heteroatoms. The van der Waals surface area contributed by atoms with E-state index in [2.05, 4.69) is 47.7 Å². The first kappa shape index (κ1) is 13.9. The summed E-state index contributed by atoms with van der Waals surface area (Å²) in [7, 11) is 0. The molecule has 0 saturated carbocycles. The molecule has 1 fully saturated rings. The molecule has 18 heavy (non-hydrogen) atoms. The lowest BCUT2D eigenvalue weighted by Gasteiger charge is -2.27. The van der Waals surface area contributed by atoms with Gasteiger partial charge in [-0.25, -0.2) is 0 Å². The molecule has 2 rings (SSSR count). The number of anilines is 1. The Morgan fingerprint density at radius 1 is 1.39 bits per heavy atom. The Labute approximate surface area is 119 Å². The van der Waals surface area contributed by atoms with Gasteiger partial charge < -0.3 is 5.73 Å². The molecular formula is C15H23BrN2. The standard InChI is InChI=1S/C15H23BrN2/c1-15(2,3)11-7-8-18(9-11)10-12-13(16)5-4-6-14(12)17/h4-6,11H,7-10,17H2,1-3H3. The molecule has 0 aliphatic carbocycles. The van der Waals surface area contributed by atoms with E-state index in [9.17, 15) is 0 Å². The zero-order valence-electron chi connectivity index (χ0n) is 11.5. The van der Waals surface area contributed by atoms with Crippen molar-refractivity contribution in [2.24, 2.45) is 11.3 Å². The van der Waals surface area contributed by atoms with Crippen LogP contribution in [0.15, 0.2) is 22.7 Å². The number of benzene rings is 1. The number of nitrogen functional groups attached to an aromatic ring is 1. The van der Waals surface area contributed by atoms with Crippen LogP contribution in [0.4, 0.5) is 5.69 Å². The van der Waals surface area contributed by atoms with Crippen molar-refractivity contribution >= 4 is 21.6 Å². The molecule has 0 bridgehead atoms. The van der Waals surface area contributed by atoms with Crippen molar-refractivity contribution in [1.29, 1.82) is 0 Å². The van der Waals surface area contributed by atoms with Crippen LogP contribution in [0.25, 0.3) is 0 Å². The molecule has 100 valence electrons. The largest absolute Gasteiger partial charge is 0.398 e. The van der Waals surface area contributed by atoms with Gasteiger partial charge in [-0.2, -0.15) is 0 Å². The molecule has 0 amide bonds. The van der Waals surface area contributed by atoms with Gasteiger partial charge in [0.15, 0.2) is 0 Å². The molecule has 1 heterocycles. The third kappa shape index (κ3) is 3.07. The number of halogens is 1. The highest BCUT2D eigenvalue weighted by Gasteiger charge is 2.31. The Hall–Kier alpha value is -0.540. The summed E-state index contributed by atoms with van der Waals surface area (Å²) in [5.41, 5.74) is 8.60. The summed E-state index contributed by atoms with van der Waals surface area (Å²) < 4.78 is 1.13. The topological polar surface area (TPSA) is 29.3 Å². The quantitative estimate of drug-likeness (QED) is 0.839. The molecule has 1 aromatic carbocycles. The van der Waals surface area contributed by atoms with Gasteiger partial charge in [0, 0.05) is 28.8 Å². The van der Waals surface area contributed by atoms with E-state index in [0.717, 1.165) is 22.6 Å². The SMILES string of the molecule is CC(C)(C)C1CCN(Cc2c(N)cccc2Br)C1. The van der Waals surface area contributed by atoms with Crippen molar-refractivity contribution in [1.82, 2.24) is 4.90 Å². The summed E-state index contributed by atoms with van der Waals surface area (Å²) in [6.45, 7) is 10.3. The lowest BCUT2D eigenvalue weighted by molar-refractivity contribution is 0.226. The van der Waals surface area contributed by atoms with E-state index in [1.54, 1.807) is 0 Å². The number of hydrogen-bond donors (Lipinski definition) is 1. The normalized spacial score (nSPS) is 21.4. The highest BCUT2D eigenvalue weighted by molar-refractivity contribution is 9.10.